The Kier molecular flexibility index (Phi) is 7.11. The van der Waals surface area contributed by atoms with Gasteiger partial charge in [-0.2, -0.15) is 0 Å². The van der Waals surface area contributed by atoms with Crippen LogP contribution in [0, 0.1) is 6.92 Å². The number of carbonyl (C=O) groups excluding carboxylic acids is 1. The molecule has 3 aromatic carbocycles. The Balaban J connectivity index is 1.48. The van der Waals surface area contributed by atoms with E-state index in [2.05, 4.69) is 17.6 Å². The molecule has 0 radical (unpaired) electrons. The van der Waals surface area contributed by atoms with Gasteiger partial charge in [0.15, 0.2) is 0 Å². The van der Waals surface area contributed by atoms with Crippen molar-refractivity contribution in [1.82, 2.24) is 0 Å². The topological polar surface area (TPSA) is 59.6 Å². The van der Waals surface area contributed by atoms with Crippen LogP contribution in [-0.4, -0.2) is 19.6 Å². The largest absolute Gasteiger partial charge is 0.497 e. The summed E-state index contributed by atoms with van der Waals surface area (Å²) < 4.78 is 10.8. The van der Waals surface area contributed by atoms with Crippen LogP contribution in [-0.2, 0) is 4.79 Å². The molecule has 0 spiro atoms. The first-order valence-electron chi connectivity index (χ1n) is 9.63. The molecule has 0 bridgehead atoms. The average molecular weight is 390 g/mol. The number of benzene rings is 3. The lowest BCUT2D eigenvalue weighted by molar-refractivity contribution is -0.116. The molecule has 150 valence electrons. The molecule has 0 fully saturated rings. The van der Waals surface area contributed by atoms with Crippen molar-refractivity contribution in [3.8, 4) is 11.5 Å². The number of ether oxygens (including phenoxy) is 2. The Bertz CT molecular complexity index is 922. The number of rotatable bonds is 9. The normalized spacial score (nSPS) is 10.3. The molecule has 1 amide bonds. The van der Waals surface area contributed by atoms with Gasteiger partial charge in [0.2, 0.25) is 5.91 Å². The van der Waals surface area contributed by atoms with Gasteiger partial charge in [0.05, 0.1) is 25.1 Å². The second-order valence-electron chi connectivity index (χ2n) is 6.71. The summed E-state index contributed by atoms with van der Waals surface area (Å²) in [6.07, 6.45) is 1.01. The predicted molar refractivity (Wildman–Crippen MR) is 117 cm³/mol. The first-order chi connectivity index (χ1) is 14.1. The zero-order valence-electron chi connectivity index (χ0n) is 16.8. The third-order valence-corrected chi connectivity index (χ3v) is 4.41. The number of anilines is 3. The molecule has 0 atom stereocenters. The minimum Gasteiger partial charge on any atom is -0.497 e. The summed E-state index contributed by atoms with van der Waals surface area (Å²) in [5.74, 6) is 1.51. The number of carbonyl (C=O) groups is 1. The van der Waals surface area contributed by atoms with Crippen molar-refractivity contribution in [3.05, 3.63) is 78.4 Å². The summed E-state index contributed by atoms with van der Waals surface area (Å²) in [4.78, 5) is 12.3. The van der Waals surface area contributed by atoms with Crippen LogP contribution in [0.1, 0.15) is 18.4 Å². The van der Waals surface area contributed by atoms with Crippen LogP contribution in [0.3, 0.4) is 0 Å². The van der Waals surface area contributed by atoms with E-state index in [-0.39, 0.29) is 5.91 Å². The number of methoxy groups -OCH3 is 1. The maximum atomic E-state index is 12.3. The molecule has 0 aliphatic rings. The smallest absolute Gasteiger partial charge is 0.224 e. The highest BCUT2D eigenvalue weighted by Crippen LogP contribution is 2.25. The molecule has 5 nitrogen and oxygen atoms in total. The van der Waals surface area contributed by atoms with E-state index in [9.17, 15) is 4.79 Å². The van der Waals surface area contributed by atoms with Crippen LogP contribution >= 0.6 is 0 Å². The zero-order valence-corrected chi connectivity index (χ0v) is 16.8. The lowest BCUT2D eigenvalue weighted by Gasteiger charge is -2.13. The maximum absolute atomic E-state index is 12.3. The van der Waals surface area contributed by atoms with E-state index in [1.165, 1.54) is 5.56 Å². The maximum Gasteiger partial charge on any atom is 0.224 e. The van der Waals surface area contributed by atoms with Gasteiger partial charge in [-0.05, 0) is 61.9 Å². The number of amides is 1. The Labute approximate surface area is 171 Å². The summed E-state index contributed by atoms with van der Waals surface area (Å²) in [6.45, 7) is 2.53. The Morgan fingerprint density at radius 1 is 0.862 bits per heavy atom. The number of aryl methyl sites for hydroxylation is 1. The van der Waals surface area contributed by atoms with Gasteiger partial charge in [0.25, 0.3) is 0 Å². The molecule has 0 aromatic heterocycles. The van der Waals surface area contributed by atoms with E-state index in [1.807, 2.05) is 72.8 Å². The van der Waals surface area contributed by atoms with E-state index < -0.39 is 0 Å². The minimum absolute atomic E-state index is 0.0403. The standard InChI is InChI=1S/C24H26N2O3/c1-18-9-11-19(12-10-18)25-22-6-3-4-7-23(22)26-24(27)8-5-17-29-21-15-13-20(28-2)14-16-21/h3-4,6-7,9-16,25H,5,8,17H2,1-2H3,(H,26,27). The van der Waals surface area contributed by atoms with Crippen LogP contribution in [0.4, 0.5) is 17.1 Å². The van der Waals surface area contributed by atoms with Crippen LogP contribution in [0.15, 0.2) is 72.8 Å². The van der Waals surface area contributed by atoms with Crippen molar-refractivity contribution in [2.75, 3.05) is 24.4 Å². The quantitative estimate of drug-likeness (QED) is 0.471. The zero-order chi connectivity index (χ0) is 20.5. The molecule has 0 saturated carbocycles. The van der Waals surface area contributed by atoms with Crippen molar-refractivity contribution in [1.29, 1.82) is 0 Å². The Hall–Kier alpha value is -3.47. The van der Waals surface area contributed by atoms with Crippen LogP contribution in [0.5, 0.6) is 11.5 Å². The van der Waals surface area contributed by atoms with Crippen molar-refractivity contribution in [2.45, 2.75) is 19.8 Å². The monoisotopic (exact) mass is 390 g/mol. The highest BCUT2D eigenvalue weighted by atomic mass is 16.5. The van der Waals surface area contributed by atoms with Gasteiger partial charge in [-0.25, -0.2) is 0 Å². The molecule has 0 heterocycles. The first kappa shape index (κ1) is 20.3. The molecule has 3 aromatic rings. The van der Waals surface area contributed by atoms with Gasteiger partial charge in [-0.1, -0.05) is 29.8 Å². The molecular weight excluding hydrogens is 364 g/mol. The second-order valence-corrected chi connectivity index (χ2v) is 6.71. The molecule has 29 heavy (non-hydrogen) atoms. The summed E-state index contributed by atoms with van der Waals surface area (Å²) in [6, 6.07) is 23.2. The van der Waals surface area contributed by atoms with E-state index in [1.54, 1.807) is 7.11 Å². The predicted octanol–water partition coefficient (Wildman–Crippen LogP) is 5.54. The summed E-state index contributed by atoms with van der Waals surface area (Å²) in [7, 11) is 1.63. The van der Waals surface area contributed by atoms with Crippen molar-refractivity contribution in [3.63, 3.8) is 0 Å². The van der Waals surface area contributed by atoms with E-state index in [0.29, 0.717) is 19.4 Å². The van der Waals surface area contributed by atoms with Gasteiger partial charge in [-0.15, -0.1) is 0 Å². The Morgan fingerprint density at radius 3 is 2.21 bits per heavy atom. The summed E-state index contributed by atoms with van der Waals surface area (Å²) in [5, 5.41) is 6.34. The van der Waals surface area contributed by atoms with Gasteiger partial charge < -0.3 is 20.1 Å². The van der Waals surface area contributed by atoms with E-state index >= 15 is 0 Å². The molecule has 0 aliphatic heterocycles. The fourth-order valence-corrected chi connectivity index (χ4v) is 2.80. The van der Waals surface area contributed by atoms with Crippen LogP contribution in [0.2, 0.25) is 0 Å². The minimum atomic E-state index is -0.0403. The fourth-order valence-electron chi connectivity index (χ4n) is 2.80. The molecular formula is C24H26N2O3. The number of hydrogen-bond donors (Lipinski definition) is 2. The van der Waals surface area contributed by atoms with Crippen molar-refractivity contribution < 1.29 is 14.3 Å². The van der Waals surface area contributed by atoms with Crippen LogP contribution in [0.25, 0.3) is 0 Å². The van der Waals surface area contributed by atoms with Gasteiger partial charge in [-0.3, -0.25) is 4.79 Å². The molecule has 0 unspecified atom stereocenters. The molecule has 5 heteroatoms. The number of hydrogen-bond acceptors (Lipinski definition) is 4. The number of para-hydroxylation sites is 2. The van der Waals surface area contributed by atoms with Gasteiger partial charge >= 0.3 is 0 Å². The highest BCUT2D eigenvalue weighted by Gasteiger charge is 2.07. The molecule has 3 rings (SSSR count). The fraction of sp³-hybridized carbons (Fsp3) is 0.208. The Morgan fingerprint density at radius 2 is 1.52 bits per heavy atom. The van der Waals surface area contributed by atoms with E-state index in [0.717, 1.165) is 28.6 Å². The average Bonchev–Trinajstić information content (AvgIpc) is 2.75. The lowest BCUT2D eigenvalue weighted by atomic mass is 10.2. The first-order valence-corrected chi connectivity index (χ1v) is 9.63. The SMILES string of the molecule is COc1ccc(OCCCC(=O)Nc2ccccc2Nc2ccc(C)cc2)cc1. The van der Waals surface area contributed by atoms with Gasteiger partial charge in [0, 0.05) is 12.1 Å². The lowest BCUT2D eigenvalue weighted by Crippen LogP contribution is -2.13. The third kappa shape index (κ3) is 6.28. The second kappa shape index (κ2) is 10.2. The third-order valence-electron chi connectivity index (χ3n) is 4.41. The van der Waals surface area contributed by atoms with Crippen molar-refractivity contribution >= 4 is 23.0 Å². The molecule has 0 aliphatic carbocycles. The van der Waals surface area contributed by atoms with E-state index in [4.69, 9.17) is 9.47 Å². The molecule has 0 saturated heterocycles. The molecule has 2 N–H and O–H groups in total. The highest BCUT2D eigenvalue weighted by molar-refractivity contribution is 5.94. The van der Waals surface area contributed by atoms with Crippen LogP contribution < -0.4 is 20.1 Å². The van der Waals surface area contributed by atoms with Crippen molar-refractivity contribution in [2.24, 2.45) is 0 Å². The number of nitrogens with one attached hydrogen (secondary N) is 2. The summed E-state index contributed by atoms with van der Waals surface area (Å²) in [5.41, 5.74) is 3.80. The summed E-state index contributed by atoms with van der Waals surface area (Å²) >= 11 is 0. The van der Waals surface area contributed by atoms with Gasteiger partial charge in [0.1, 0.15) is 11.5 Å².